The van der Waals surface area contributed by atoms with Crippen molar-refractivity contribution in [2.75, 3.05) is 13.1 Å². The maximum Gasteiger partial charge on any atom is 0.265 e. The van der Waals surface area contributed by atoms with E-state index in [1.54, 1.807) is 4.57 Å². The average molecular weight is 374 g/mol. The van der Waals surface area contributed by atoms with Crippen LogP contribution in [0.25, 0.3) is 10.2 Å². The van der Waals surface area contributed by atoms with E-state index in [0.717, 1.165) is 26.9 Å². The molecule has 4 rings (SSSR count). The summed E-state index contributed by atoms with van der Waals surface area (Å²) in [6.07, 6.45) is 0.588. The highest BCUT2D eigenvalue weighted by Crippen LogP contribution is 2.23. The molecule has 0 N–H and O–H groups in total. The first-order chi connectivity index (χ1) is 12.0. The summed E-state index contributed by atoms with van der Waals surface area (Å²) >= 11 is 2.94. The summed E-state index contributed by atoms with van der Waals surface area (Å²) in [5, 5.41) is 3.58. The van der Waals surface area contributed by atoms with Gasteiger partial charge in [0.2, 0.25) is 0 Å². The van der Waals surface area contributed by atoms with Gasteiger partial charge in [0, 0.05) is 26.1 Å². The first kappa shape index (κ1) is 16.4. The summed E-state index contributed by atoms with van der Waals surface area (Å²) in [4.78, 5) is 38.0. The zero-order valence-corrected chi connectivity index (χ0v) is 16.0. The number of hydrogen-bond acceptors (Lipinski definition) is 6. The summed E-state index contributed by atoms with van der Waals surface area (Å²) in [5.41, 5.74) is 1.76. The van der Waals surface area contributed by atoms with Crippen LogP contribution in [-0.4, -0.2) is 38.4 Å². The van der Waals surface area contributed by atoms with Crippen LogP contribution in [0.1, 0.15) is 31.8 Å². The lowest BCUT2D eigenvalue weighted by Crippen LogP contribution is -2.34. The van der Waals surface area contributed by atoms with E-state index < -0.39 is 0 Å². The van der Waals surface area contributed by atoms with Crippen molar-refractivity contribution in [3.63, 3.8) is 0 Å². The minimum atomic E-state index is 0.00180. The van der Waals surface area contributed by atoms with Crippen LogP contribution >= 0.6 is 22.7 Å². The Morgan fingerprint density at radius 3 is 2.68 bits per heavy atom. The molecule has 4 heterocycles. The number of thiazole rings is 1. The molecule has 0 saturated carbocycles. The molecule has 0 bridgehead atoms. The van der Waals surface area contributed by atoms with Crippen molar-refractivity contribution in [3.05, 3.63) is 42.7 Å². The van der Waals surface area contributed by atoms with Gasteiger partial charge in [0.25, 0.3) is 11.5 Å². The van der Waals surface area contributed by atoms with E-state index in [4.69, 9.17) is 0 Å². The second kappa shape index (κ2) is 6.03. The largest absolute Gasteiger partial charge is 0.336 e. The molecular formula is C17H18N4O2S2. The van der Waals surface area contributed by atoms with Crippen LogP contribution in [-0.2, 0) is 13.0 Å². The van der Waals surface area contributed by atoms with E-state index in [1.165, 1.54) is 22.7 Å². The third-order valence-corrected chi connectivity index (χ3v) is 6.59. The number of carbonyl (C=O) groups excluding carboxylic acids is 1. The third kappa shape index (κ3) is 2.69. The quantitative estimate of drug-likeness (QED) is 0.656. The van der Waals surface area contributed by atoms with Gasteiger partial charge in [-0.2, -0.15) is 0 Å². The number of aryl methyl sites for hydroxylation is 3. The fraction of sp³-hybridized carbons (Fsp3) is 0.412. The van der Waals surface area contributed by atoms with Crippen LogP contribution in [0.2, 0.25) is 0 Å². The van der Waals surface area contributed by atoms with Gasteiger partial charge in [-0.1, -0.05) is 0 Å². The normalized spacial score (nSPS) is 14.6. The lowest BCUT2D eigenvalue weighted by atomic mass is 10.2. The Kier molecular flexibility index (Phi) is 3.96. The Balaban J connectivity index is 1.67. The van der Waals surface area contributed by atoms with Crippen molar-refractivity contribution in [2.45, 2.75) is 33.7 Å². The molecule has 0 fully saturated rings. The Morgan fingerprint density at radius 1 is 1.16 bits per heavy atom. The van der Waals surface area contributed by atoms with Crippen LogP contribution in [0, 0.1) is 20.8 Å². The zero-order valence-electron chi connectivity index (χ0n) is 14.3. The number of hydrogen-bond donors (Lipinski definition) is 0. The molecule has 0 radical (unpaired) electrons. The minimum Gasteiger partial charge on any atom is -0.336 e. The monoisotopic (exact) mass is 374 g/mol. The summed E-state index contributed by atoms with van der Waals surface area (Å²) in [5.74, 6) is 0.772. The van der Waals surface area contributed by atoms with Crippen LogP contribution < -0.4 is 5.56 Å². The number of nitrogens with zero attached hydrogens (tertiary/aromatic N) is 4. The van der Waals surface area contributed by atoms with E-state index in [0.29, 0.717) is 36.3 Å². The Morgan fingerprint density at radius 2 is 1.96 bits per heavy atom. The summed E-state index contributed by atoms with van der Waals surface area (Å²) in [7, 11) is 0. The van der Waals surface area contributed by atoms with Gasteiger partial charge in [0.05, 0.1) is 16.1 Å². The summed E-state index contributed by atoms with van der Waals surface area (Å²) in [6.45, 7) is 7.28. The van der Waals surface area contributed by atoms with Crippen LogP contribution in [0.15, 0.2) is 10.2 Å². The summed E-state index contributed by atoms with van der Waals surface area (Å²) in [6, 6.07) is 0. The molecule has 6 nitrogen and oxygen atoms in total. The van der Waals surface area contributed by atoms with Crippen LogP contribution in [0.3, 0.4) is 0 Å². The molecule has 0 aliphatic carbocycles. The first-order valence-electron chi connectivity index (χ1n) is 8.16. The molecule has 1 aliphatic heterocycles. The standard InChI is InChI=1S/C17H18N4O2S2/c1-9-8-24-15-13(9)16(22)21-7-6-20(5-4-12(21)19-15)17(23)14-10(2)18-11(3)25-14/h8H,4-7H2,1-3H3. The highest BCUT2D eigenvalue weighted by molar-refractivity contribution is 7.16. The Labute approximate surface area is 152 Å². The van der Waals surface area contributed by atoms with Gasteiger partial charge >= 0.3 is 0 Å². The van der Waals surface area contributed by atoms with Gasteiger partial charge in [-0.3, -0.25) is 14.2 Å². The second-order valence-corrected chi connectivity index (χ2v) is 8.33. The molecule has 0 unspecified atom stereocenters. The maximum atomic E-state index is 12.9. The van der Waals surface area contributed by atoms with Gasteiger partial charge < -0.3 is 4.90 Å². The van der Waals surface area contributed by atoms with Gasteiger partial charge in [0.15, 0.2) is 0 Å². The molecule has 1 amide bonds. The average Bonchev–Trinajstić information content (AvgIpc) is 3.01. The van der Waals surface area contributed by atoms with Gasteiger partial charge in [-0.15, -0.1) is 22.7 Å². The Bertz CT molecular complexity index is 1050. The Hall–Kier alpha value is -2.06. The van der Waals surface area contributed by atoms with Crippen molar-refractivity contribution >= 4 is 38.8 Å². The molecule has 0 saturated heterocycles. The minimum absolute atomic E-state index is 0.00180. The van der Waals surface area contributed by atoms with E-state index in [2.05, 4.69) is 9.97 Å². The number of aromatic nitrogens is 3. The predicted molar refractivity (Wildman–Crippen MR) is 99.8 cm³/mol. The van der Waals surface area contributed by atoms with E-state index in [9.17, 15) is 9.59 Å². The fourth-order valence-electron chi connectivity index (χ4n) is 3.27. The maximum absolute atomic E-state index is 12.9. The number of amides is 1. The van der Waals surface area contributed by atoms with Gasteiger partial charge in [0.1, 0.15) is 15.5 Å². The lowest BCUT2D eigenvalue weighted by molar-refractivity contribution is 0.0763. The number of carbonyl (C=O) groups is 1. The van der Waals surface area contributed by atoms with Crippen molar-refractivity contribution in [2.24, 2.45) is 0 Å². The SMILES string of the molecule is Cc1nc(C)c(C(=O)N2CCc3nc4scc(C)c4c(=O)n3CC2)s1. The van der Waals surface area contributed by atoms with E-state index in [-0.39, 0.29) is 11.5 Å². The highest BCUT2D eigenvalue weighted by atomic mass is 32.1. The van der Waals surface area contributed by atoms with Gasteiger partial charge in [-0.05, 0) is 31.7 Å². The molecule has 25 heavy (non-hydrogen) atoms. The molecule has 0 spiro atoms. The second-order valence-electron chi connectivity index (χ2n) is 6.27. The van der Waals surface area contributed by atoms with Crippen molar-refractivity contribution in [1.29, 1.82) is 0 Å². The van der Waals surface area contributed by atoms with Crippen LogP contribution in [0.4, 0.5) is 0 Å². The molecule has 0 atom stereocenters. The fourth-order valence-corrected chi connectivity index (χ4v) is 5.09. The molecule has 0 aromatic carbocycles. The van der Waals surface area contributed by atoms with Gasteiger partial charge in [-0.25, -0.2) is 9.97 Å². The van der Waals surface area contributed by atoms with Crippen LogP contribution in [0.5, 0.6) is 0 Å². The van der Waals surface area contributed by atoms with Crippen molar-refractivity contribution in [3.8, 4) is 0 Å². The molecule has 130 valence electrons. The third-order valence-electron chi connectivity index (χ3n) is 4.54. The number of thiophene rings is 1. The smallest absolute Gasteiger partial charge is 0.265 e. The van der Waals surface area contributed by atoms with Crippen molar-refractivity contribution < 1.29 is 4.79 Å². The van der Waals surface area contributed by atoms with E-state index >= 15 is 0 Å². The topological polar surface area (TPSA) is 68.1 Å². The van der Waals surface area contributed by atoms with E-state index in [1.807, 2.05) is 31.1 Å². The number of fused-ring (bicyclic) bond motifs is 2. The zero-order chi connectivity index (χ0) is 17.7. The lowest BCUT2D eigenvalue weighted by Gasteiger charge is -2.19. The molecule has 3 aromatic rings. The number of rotatable bonds is 1. The molecule has 1 aliphatic rings. The van der Waals surface area contributed by atoms with Crippen molar-refractivity contribution in [1.82, 2.24) is 19.4 Å². The summed E-state index contributed by atoms with van der Waals surface area (Å²) < 4.78 is 1.74. The molecule has 3 aromatic heterocycles. The first-order valence-corrected chi connectivity index (χ1v) is 9.86. The highest BCUT2D eigenvalue weighted by Gasteiger charge is 2.25. The predicted octanol–water partition coefficient (Wildman–Crippen LogP) is 2.54. The molecule has 8 heteroatoms. The molecular weight excluding hydrogens is 356 g/mol.